The van der Waals surface area contributed by atoms with Gasteiger partial charge in [0.25, 0.3) is 0 Å². The van der Waals surface area contributed by atoms with Crippen molar-refractivity contribution in [2.24, 2.45) is 0 Å². The summed E-state index contributed by atoms with van der Waals surface area (Å²) < 4.78 is 0. The number of hydrogen-bond donors (Lipinski definition) is 0. The molecule has 10 heavy (non-hydrogen) atoms. The van der Waals surface area contributed by atoms with Gasteiger partial charge >= 0.3 is 0 Å². The fourth-order valence-corrected chi connectivity index (χ4v) is 0.893. The molecule has 1 aromatic rings. The molecular formula is C5H4ClN2PaS-. The van der Waals surface area contributed by atoms with Crippen LogP contribution in [0.25, 0.3) is 0 Å². The number of aromatic nitrogens is 2. The van der Waals surface area contributed by atoms with E-state index in [4.69, 9.17) is 11.6 Å². The first-order valence-electron chi connectivity index (χ1n) is 2.27. The number of thioether (sulfide) groups is 1. The molecule has 5 heteroatoms. The minimum Gasteiger partial charge on any atom is -0.364 e. The molecule has 1 rings (SSSR count). The fraction of sp³-hybridized carbons (Fsp3) is 0.200. The number of halogens is 1. The molecule has 0 aliphatic heterocycles. The van der Waals surface area contributed by atoms with Gasteiger partial charge in [0.15, 0.2) is 0 Å². The first-order chi connectivity index (χ1) is 4.33. The molecular weight excluding hydrogens is 387 g/mol. The van der Waals surface area contributed by atoms with Crippen LogP contribution in [-0.2, 0) is 0 Å². The van der Waals surface area contributed by atoms with Crippen molar-refractivity contribution in [3.05, 3.63) is 17.4 Å². The van der Waals surface area contributed by atoms with Crippen molar-refractivity contribution < 1.29 is 32.3 Å². The molecule has 0 aliphatic rings. The summed E-state index contributed by atoms with van der Waals surface area (Å²) in [6, 6.07) is 1.53. The Balaban J connectivity index is 0.000000810. The Morgan fingerprint density at radius 2 is 2.40 bits per heavy atom. The van der Waals surface area contributed by atoms with Gasteiger partial charge in [0.2, 0.25) is 0 Å². The molecule has 0 unspecified atom stereocenters. The van der Waals surface area contributed by atoms with Crippen LogP contribution < -0.4 is 0 Å². The first-order valence-corrected chi connectivity index (χ1v) is 3.88. The second-order valence-electron chi connectivity index (χ2n) is 1.31. The third kappa shape index (κ3) is 3.28. The van der Waals surface area contributed by atoms with Crippen molar-refractivity contribution in [2.45, 2.75) is 5.16 Å². The largest absolute Gasteiger partial charge is 0.364 e. The van der Waals surface area contributed by atoms with Gasteiger partial charge in [-0.05, 0) is 6.26 Å². The van der Waals surface area contributed by atoms with Crippen LogP contribution in [0.15, 0.2) is 11.2 Å². The van der Waals surface area contributed by atoms with E-state index < -0.39 is 0 Å². The van der Waals surface area contributed by atoms with Gasteiger partial charge in [-0.15, -0.1) is 17.7 Å². The molecule has 0 atom stereocenters. The van der Waals surface area contributed by atoms with E-state index in [-0.39, 0.29) is 32.3 Å². The van der Waals surface area contributed by atoms with E-state index in [1.165, 1.54) is 17.8 Å². The zero-order valence-electron chi connectivity index (χ0n) is 5.34. The van der Waals surface area contributed by atoms with Crippen LogP contribution in [0.3, 0.4) is 0 Å². The molecule has 0 bridgehead atoms. The van der Waals surface area contributed by atoms with Crippen molar-refractivity contribution in [1.29, 1.82) is 0 Å². The molecule has 2 nitrogen and oxygen atoms in total. The summed E-state index contributed by atoms with van der Waals surface area (Å²) in [5.41, 5.74) is 0. The van der Waals surface area contributed by atoms with E-state index >= 15 is 0 Å². The fourth-order valence-electron chi connectivity index (χ4n) is 0.381. The molecule has 1 radical (unpaired) electrons. The van der Waals surface area contributed by atoms with Crippen molar-refractivity contribution in [1.82, 2.24) is 9.97 Å². The van der Waals surface area contributed by atoms with Crippen LogP contribution in [0.5, 0.6) is 0 Å². The molecule has 0 aliphatic carbocycles. The van der Waals surface area contributed by atoms with Gasteiger partial charge in [-0.1, -0.05) is 6.20 Å². The molecule has 0 saturated carbocycles. The molecule has 0 aromatic carbocycles. The second-order valence-corrected chi connectivity index (χ2v) is 2.47. The van der Waals surface area contributed by atoms with Crippen LogP contribution in [-0.4, -0.2) is 16.2 Å². The molecule has 0 N–H and O–H groups in total. The van der Waals surface area contributed by atoms with Crippen LogP contribution in [0.2, 0.25) is 5.15 Å². The summed E-state index contributed by atoms with van der Waals surface area (Å²) in [5, 5.41) is 1.09. The Morgan fingerprint density at radius 1 is 1.70 bits per heavy atom. The zero-order valence-corrected chi connectivity index (χ0v) is 11.7. The van der Waals surface area contributed by atoms with Crippen molar-refractivity contribution in [3.8, 4) is 0 Å². The van der Waals surface area contributed by atoms with Crippen LogP contribution >= 0.6 is 23.4 Å². The monoisotopic (exact) mass is 390 g/mol. The molecule has 0 saturated heterocycles. The van der Waals surface area contributed by atoms with E-state index in [2.05, 4.69) is 16.2 Å². The Hall–Kier alpha value is 0.811. The van der Waals surface area contributed by atoms with Crippen molar-refractivity contribution in [3.63, 3.8) is 0 Å². The zero-order chi connectivity index (χ0) is 6.69. The second kappa shape index (κ2) is 5.46. The summed E-state index contributed by atoms with van der Waals surface area (Å²) in [6.07, 6.45) is 4.50. The number of rotatable bonds is 1. The predicted octanol–water partition coefficient (Wildman–Crippen LogP) is 1.65. The summed E-state index contributed by atoms with van der Waals surface area (Å²) >= 11 is 6.97. The van der Waals surface area contributed by atoms with E-state index in [9.17, 15) is 0 Å². The maximum absolute atomic E-state index is 5.53. The number of hydrogen-bond acceptors (Lipinski definition) is 3. The third-order valence-electron chi connectivity index (χ3n) is 0.729. The van der Waals surface area contributed by atoms with Gasteiger partial charge in [0.1, 0.15) is 0 Å². The summed E-state index contributed by atoms with van der Waals surface area (Å²) in [5.74, 6) is 0. The van der Waals surface area contributed by atoms with Gasteiger partial charge < -0.3 is 9.97 Å². The van der Waals surface area contributed by atoms with Gasteiger partial charge in [-0.3, -0.25) is 0 Å². The predicted molar refractivity (Wildman–Crippen MR) is 37.7 cm³/mol. The summed E-state index contributed by atoms with van der Waals surface area (Å²) in [7, 11) is 0. The minimum atomic E-state index is 0. The van der Waals surface area contributed by atoms with E-state index in [1.54, 1.807) is 0 Å². The summed E-state index contributed by atoms with van der Waals surface area (Å²) in [6.45, 7) is 0. The molecule has 51 valence electrons. The van der Waals surface area contributed by atoms with Crippen LogP contribution in [0.1, 0.15) is 0 Å². The average molecular weight is 391 g/mol. The summed E-state index contributed by atoms with van der Waals surface area (Å²) in [4.78, 5) is 7.68. The van der Waals surface area contributed by atoms with Gasteiger partial charge in [0.05, 0.1) is 5.16 Å². The average Bonchev–Trinajstić information content (AvgIpc) is 1.88. The Morgan fingerprint density at radius 3 is 2.80 bits per heavy atom. The van der Waals surface area contributed by atoms with Crippen molar-refractivity contribution in [2.75, 3.05) is 6.26 Å². The third-order valence-corrected chi connectivity index (χ3v) is 1.47. The quantitative estimate of drug-likeness (QED) is 0.316. The standard InChI is InChI=1S/C5H4ClN2S.Pa/c1-9-5-7-3-2-4(6)8-5;/h2H,1H3;/q-1;. The Kier molecular flexibility index (Phi) is 5.90. The Labute approximate surface area is 93.7 Å². The molecule has 0 amide bonds. The molecule has 0 fully saturated rings. The SMILES string of the molecule is CSc1n[c-]cc(Cl)n1.[Pa]. The first kappa shape index (κ1) is 10.8. The van der Waals surface area contributed by atoms with Crippen molar-refractivity contribution >= 4 is 23.4 Å². The van der Waals surface area contributed by atoms with Gasteiger partial charge in [0, 0.05) is 37.5 Å². The number of nitrogens with zero attached hydrogens (tertiary/aromatic N) is 2. The minimum absolute atomic E-state index is 0. The normalized spacial score (nSPS) is 8.60. The van der Waals surface area contributed by atoms with Gasteiger partial charge in [-0.25, -0.2) is 0 Å². The molecule has 1 heterocycles. The molecule has 1 aromatic heterocycles. The molecule has 0 spiro atoms. The van der Waals surface area contributed by atoms with E-state index in [0.717, 1.165) is 0 Å². The smallest absolute Gasteiger partial charge is 0.0731 e. The Bertz CT molecular complexity index is 209. The maximum Gasteiger partial charge on any atom is 0.0731 e. The van der Waals surface area contributed by atoms with Gasteiger partial charge in [-0.2, -0.15) is 11.8 Å². The van der Waals surface area contributed by atoms with Crippen LogP contribution in [0.4, 0.5) is 0 Å². The maximum atomic E-state index is 5.53. The van der Waals surface area contributed by atoms with E-state index in [0.29, 0.717) is 10.3 Å². The topological polar surface area (TPSA) is 25.8 Å². The van der Waals surface area contributed by atoms with Crippen LogP contribution in [0, 0.1) is 38.5 Å². The van der Waals surface area contributed by atoms with E-state index in [1.807, 2.05) is 6.26 Å².